The fraction of sp³-hybridized carbons (Fsp3) is 0.100. The number of pyridine rings is 2. The summed E-state index contributed by atoms with van der Waals surface area (Å²) in [5, 5.41) is 0.634. The van der Waals surface area contributed by atoms with Gasteiger partial charge in [0.15, 0.2) is 5.78 Å². The number of fused-ring (bicyclic) bond motifs is 1. The summed E-state index contributed by atoms with van der Waals surface area (Å²) >= 11 is 0. The van der Waals surface area contributed by atoms with E-state index in [1.165, 1.54) is 18.2 Å². The number of ketones is 1. The van der Waals surface area contributed by atoms with Crippen molar-refractivity contribution in [3.63, 3.8) is 0 Å². The van der Waals surface area contributed by atoms with Gasteiger partial charge in [-0.25, -0.2) is 8.78 Å². The maximum absolute atomic E-state index is 14.0. The number of ether oxygens (including phenoxy) is 1. The average molecular weight is 481 g/mol. The third-order valence-corrected chi connectivity index (χ3v) is 6.08. The zero-order valence-corrected chi connectivity index (χ0v) is 19.3. The molecule has 5 aromatic rings. The highest BCUT2D eigenvalue weighted by molar-refractivity contribution is 6.08. The van der Waals surface area contributed by atoms with Crippen LogP contribution < -0.4 is 4.74 Å². The molecular weight excluding hydrogens is 458 g/mol. The predicted octanol–water partition coefficient (Wildman–Crippen LogP) is 6.97. The van der Waals surface area contributed by atoms with Crippen LogP contribution in [-0.2, 0) is 13.0 Å². The summed E-state index contributed by atoms with van der Waals surface area (Å²) in [7, 11) is 0. The molecule has 2 aromatic heterocycles. The molecule has 0 aliphatic carbocycles. The number of carbonyl (C=O) groups excluding carboxylic acids is 1. The predicted molar refractivity (Wildman–Crippen MR) is 135 cm³/mol. The molecule has 0 saturated carbocycles. The Morgan fingerprint density at radius 1 is 0.833 bits per heavy atom. The molecule has 0 spiro atoms. The minimum absolute atomic E-state index is 0.0271. The van der Waals surface area contributed by atoms with Crippen LogP contribution in [0.5, 0.6) is 5.75 Å². The van der Waals surface area contributed by atoms with E-state index in [1.54, 1.807) is 36.7 Å². The fourth-order valence-electron chi connectivity index (χ4n) is 4.25. The van der Waals surface area contributed by atoms with E-state index in [9.17, 15) is 13.6 Å². The smallest absolute Gasteiger partial charge is 0.163 e. The van der Waals surface area contributed by atoms with Crippen molar-refractivity contribution in [1.29, 1.82) is 0 Å². The van der Waals surface area contributed by atoms with E-state index in [0.717, 1.165) is 16.7 Å². The molecule has 36 heavy (non-hydrogen) atoms. The Morgan fingerprint density at radius 2 is 1.64 bits per heavy atom. The molecule has 0 aliphatic rings. The number of aryl methyl sites for hydroxylation is 1. The third-order valence-electron chi connectivity index (χ3n) is 6.08. The van der Waals surface area contributed by atoms with Gasteiger partial charge in [-0.05, 0) is 47.9 Å². The first kappa shape index (κ1) is 23.3. The van der Waals surface area contributed by atoms with Gasteiger partial charge in [0.1, 0.15) is 29.5 Å². The van der Waals surface area contributed by atoms with Crippen molar-refractivity contribution in [1.82, 2.24) is 9.97 Å². The molecule has 0 aliphatic heterocycles. The van der Waals surface area contributed by atoms with Gasteiger partial charge in [-0.15, -0.1) is 0 Å². The summed E-state index contributed by atoms with van der Waals surface area (Å²) in [4.78, 5) is 21.9. The molecule has 0 N–H and O–H groups in total. The summed E-state index contributed by atoms with van der Waals surface area (Å²) in [6.45, 7) is -0.289. The molecule has 0 radical (unpaired) electrons. The SMILES string of the molecule is O=C(CCc1ccccc1-c1cccnc1)c1ccnc2c(OCc3c(F)cccc3F)cccc12. The molecule has 0 atom stereocenters. The molecule has 0 bridgehead atoms. The average Bonchev–Trinajstić information content (AvgIpc) is 2.92. The number of carbonyl (C=O) groups is 1. The van der Waals surface area contributed by atoms with E-state index in [0.29, 0.717) is 35.1 Å². The van der Waals surface area contributed by atoms with E-state index in [4.69, 9.17) is 4.74 Å². The molecule has 4 nitrogen and oxygen atoms in total. The summed E-state index contributed by atoms with van der Waals surface area (Å²) in [5.41, 5.74) is 3.96. The second-order valence-electron chi connectivity index (χ2n) is 8.32. The van der Waals surface area contributed by atoms with Gasteiger partial charge in [-0.1, -0.05) is 48.5 Å². The van der Waals surface area contributed by atoms with Crippen LogP contribution in [0.2, 0.25) is 0 Å². The van der Waals surface area contributed by atoms with E-state index >= 15 is 0 Å². The van der Waals surface area contributed by atoms with Crippen LogP contribution >= 0.6 is 0 Å². The minimum Gasteiger partial charge on any atom is -0.486 e. The lowest BCUT2D eigenvalue weighted by Crippen LogP contribution is -2.05. The van der Waals surface area contributed by atoms with Crippen LogP contribution in [0.25, 0.3) is 22.0 Å². The van der Waals surface area contributed by atoms with Gasteiger partial charge in [-0.2, -0.15) is 0 Å². The number of para-hydroxylation sites is 1. The molecule has 6 heteroatoms. The van der Waals surface area contributed by atoms with Gasteiger partial charge in [0.2, 0.25) is 0 Å². The van der Waals surface area contributed by atoms with Crippen LogP contribution in [0.15, 0.2) is 97.5 Å². The highest BCUT2D eigenvalue weighted by Crippen LogP contribution is 2.29. The van der Waals surface area contributed by atoms with E-state index in [-0.39, 0.29) is 18.0 Å². The number of benzene rings is 3. The molecule has 2 heterocycles. The normalized spacial score (nSPS) is 10.9. The van der Waals surface area contributed by atoms with E-state index < -0.39 is 11.6 Å². The summed E-state index contributed by atoms with van der Waals surface area (Å²) < 4.78 is 33.8. The fourth-order valence-corrected chi connectivity index (χ4v) is 4.25. The molecular formula is C30H22F2N2O2. The van der Waals surface area contributed by atoms with E-state index in [1.807, 2.05) is 42.6 Å². The maximum Gasteiger partial charge on any atom is 0.163 e. The lowest BCUT2D eigenvalue weighted by Gasteiger charge is -2.12. The van der Waals surface area contributed by atoms with Gasteiger partial charge in [0.25, 0.3) is 0 Å². The number of hydrogen-bond donors (Lipinski definition) is 0. The van der Waals surface area contributed by atoms with Crippen LogP contribution in [0.1, 0.15) is 27.9 Å². The number of halogens is 2. The van der Waals surface area contributed by atoms with Crippen molar-refractivity contribution in [2.75, 3.05) is 0 Å². The second kappa shape index (κ2) is 10.4. The minimum atomic E-state index is -0.675. The Balaban J connectivity index is 1.37. The number of rotatable bonds is 8. The molecule has 0 fully saturated rings. The lowest BCUT2D eigenvalue weighted by molar-refractivity contribution is 0.0984. The molecule has 0 saturated heterocycles. The van der Waals surface area contributed by atoms with Crippen molar-refractivity contribution >= 4 is 16.7 Å². The maximum atomic E-state index is 14.0. The number of nitrogens with zero attached hydrogens (tertiary/aromatic N) is 2. The Morgan fingerprint density at radius 3 is 2.44 bits per heavy atom. The summed E-state index contributed by atoms with van der Waals surface area (Å²) in [5.74, 6) is -1.02. The topological polar surface area (TPSA) is 52.1 Å². The first-order chi connectivity index (χ1) is 17.6. The highest BCUT2D eigenvalue weighted by atomic mass is 19.1. The zero-order chi connectivity index (χ0) is 24.9. The van der Waals surface area contributed by atoms with Crippen molar-refractivity contribution in [3.05, 3.63) is 126 Å². The van der Waals surface area contributed by atoms with E-state index in [2.05, 4.69) is 9.97 Å². The molecule has 178 valence electrons. The zero-order valence-electron chi connectivity index (χ0n) is 19.3. The largest absolute Gasteiger partial charge is 0.486 e. The summed E-state index contributed by atoms with van der Waals surface area (Å²) in [6, 6.07) is 22.5. The number of aromatic nitrogens is 2. The van der Waals surface area contributed by atoms with Crippen molar-refractivity contribution < 1.29 is 18.3 Å². The van der Waals surface area contributed by atoms with Gasteiger partial charge in [-0.3, -0.25) is 14.8 Å². The van der Waals surface area contributed by atoms with Gasteiger partial charge >= 0.3 is 0 Å². The molecule has 5 rings (SSSR count). The lowest BCUT2D eigenvalue weighted by atomic mass is 9.95. The quantitative estimate of drug-likeness (QED) is 0.225. The summed E-state index contributed by atoms with van der Waals surface area (Å²) in [6.07, 6.45) is 5.97. The first-order valence-electron chi connectivity index (χ1n) is 11.6. The standard InChI is InChI=1S/C30H22F2N2O2/c31-26-10-4-11-27(32)25(26)19-36-29-12-3-9-24-23(15-17-34-30(24)29)28(35)14-13-20-6-1-2-8-22(20)21-7-5-16-33-18-21/h1-12,15-18H,13-14,19H2. The molecule has 3 aromatic carbocycles. The Labute approximate surface area is 207 Å². The van der Waals surface area contributed by atoms with Crippen LogP contribution in [-0.4, -0.2) is 15.8 Å². The number of hydrogen-bond acceptors (Lipinski definition) is 4. The first-order valence-corrected chi connectivity index (χ1v) is 11.6. The third kappa shape index (κ3) is 4.84. The van der Waals surface area contributed by atoms with Gasteiger partial charge < -0.3 is 4.74 Å². The van der Waals surface area contributed by atoms with Gasteiger partial charge in [0, 0.05) is 41.5 Å². The Kier molecular flexibility index (Phi) is 6.76. The van der Waals surface area contributed by atoms with Crippen LogP contribution in [0.3, 0.4) is 0 Å². The Hall–Kier alpha value is -4.45. The highest BCUT2D eigenvalue weighted by Gasteiger charge is 2.16. The molecule has 0 unspecified atom stereocenters. The van der Waals surface area contributed by atoms with Crippen molar-refractivity contribution in [2.24, 2.45) is 0 Å². The Bertz CT molecular complexity index is 1520. The molecule has 0 amide bonds. The van der Waals surface area contributed by atoms with Gasteiger partial charge in [0.05, 0.1) is 5.56 Å². The van der Waals surface area contributed by atoms with Crippen molar-refractivity contribution in [2.45, 2.75) is 19.4 Å². The van der Waals surface area contributed by atoms with Crippen LogP contribution in [0, 0.1) is 11.6 Å². The van der Waals surface area contributed by atoms with Crippen LogP contribution in [0.4, 0.5) is 8.78 Å². The monoisotopic (exact) mass is 480 g/mol. The second-order valence-corrected chi connectivity index (χ2v) is 8.32. The van der Waals surface area contributed by atoms with Crippen molar-refractivity contribution in [3.8, 4) is 16.9 Å². The number of Topliss-reactive ketones (excluding diaryl/α,β-unsaturated/α-hetero) is 1.